The predicted molar refractivity (Wildman–Crippen MR) is 110 cm³/mol. The molecule has 0 aliphatic rings. The maximum absolute atomic E-state index is 12.4. The third kappa shape index (κ3) is 5.45. The van der Waals surface area contributed by atoms with Gasteiger partial charge < -0.3 is 8.92 Å². The Morgan fingerprint density at radius 2 is 1.52 bits per heavy atom. The summed E-state index contributed by atoms with van der Waals surface area (Å²) >= 11 is 0. The number of carbonyl (C=O) groups is 1. The van der Waals surface area contributed by atoms with Gasteiger partial charge in [-0.1, -0.05) is 60.2 Å². The average Bonchev–Trinajstić information content (AvgIpc) is 2.73. The summed E-state index contributed by atoms with van der Waals surface area (Å²) in [6.07, 6.45) is 0. The van der Waals surface area contributed by atoms with Crippen molar-refractivity contribution in [1.82, 2.24) is 0 Å². The second kappa shape index (κ2) is 8.92. The molecule has 3 rings (SSSR count). The van der Waals surface area contributed by atoms with E-state index in [2.05, 4.69) is 0 Å². The molecule has 0 N–H and O–H groups in total. The number of hydrogen-bond acceptors (Lipinski definition) is 5. The van der Waals surface area contributed by atoms with Gasteiger partial charge in [-0.2, -0.15) is 8.42 Å². The van der Waals surface area contributed by atoms with E-state index in [1.165, 1.54) is 24.3 Å². The van der Waals surface area contributed by atoms with E-state index in [1.54, 1.807) is 31.2 Å². The number of carbonyl (C=O) groups excluding carboxylic acids is 1. The van der Waals surface area contributed by atoms with Crippen LogP contribution in [-0.4, -0.2) is 14.4 Å². The highest BCUT2D eigenvalue weighted by molar-refractivity contribution is 7.87. The maximum Gasteiger partial charge on any atom is 0.339 e. The molecule has 0 aliphatic carbocycles. The summed E-state index contributed by atoms with van der Waals surface area (Å²) in [6.45, 7) is 3.83. The van der Waals surface area contributed by atoms with Gasteiger partial charge in [-0.05, 0) is 49.2 Å². The van der Waals surface area contributed by atoms with Gasteiger partial charge in [0.05, 0.1) is 5.92 Å². The molecule has 0 saturated heterocycles. The topological polar surface area (TPSA) is 69.7 Å². The molecule has 1 atom stereocenters. The Kier molecular flexibility index (Phi) is 6.34. The normalized spacial score (nSPS) is 12.2. The summed E-state index contributed by atoms with van der Waals surface area (Å²) in [4.78, 5) is 12.4. The summed E-state index contributed by atoms with van der Waals surface area (Å²) in [5.74, 6) is -0.657. The molecule has 29 heavy (non-hydrogen) atoms. The molecule has 3 aromatic rings. The molecule has 6 heteroatoms. The van der Waals surface area contributed by atoms with Crippen LogP contribution in [0.1, 0.15) is 29.5 Å². The minimum atomic E-state index is -3.91. The molecule has 0 spiro atoms. The van der Waals surface area contributed by atoms with Gasteiger partial charge in [-0.25, -0.2) is 0 Å². The number of esters is 1. The van der Waals surface area contributed by atoms with Crippen molar-refractivity contribution in [3.05, 3.63) is 95.6 Å². The van der Waals surface area contributed by atoms with E-state index >= 15 is 0 Å². The standard InChI is InChI=1S/C23H22O5S/c1-17-8-14-22(15-9-17)29(25,26)28-21-12-10-20(11-13-21)18(2)23(24)27-16-19-6-4-3-5-7-19/h3-15,18H,16H2,1-2H3. The van der Waals surface area contributed by atoms with Crippen molar-refractivity contribution in [2.24, 2.45) is 0 Å². The van der Waals surface area contributed by atoms with Gasteiger partial charge in [0.2, 0.25) is 0 Å². The van der Waals surface area contributed by atoms with E-state index in [-0.39, 0.29) is 23.2 Å². The second-order valence-electron chi connectivity index (χ2n) is 6.73. The van der Waals surface area contributed by atoms with E-state index in [1.807, 2.05) is 37.3 Å². The lowest BCUT2D eigenvalue weighted by molar-refractivity contribution is -0.146. The largest absolute Gasteiger partial charge is 0.460 e. The Bertz CT molecular complexity index is 1060. The molecular formula is C23H22O5S. The fourth-order valence-electron chi connectivity index (χ4n) is 2.68. The molecular weight excluding hydrogens is 388 g/mol. The highest BCUT2D eigenvalue weighted by Crippen LogP contribution is 2.23. The zero-order valence-corrected chi connectivity index (χ0v) is 17.1. The number of aryl methyl sites for hydroxylation is 1. The first kappa shape index (κ1) is 20.6. The highest BCUT2D eigenvalue weighted by Gasteiger charge is 2.19. The molecule has 150 valence electrons. The summed E-state index contributed by atoms with van der Waals surface area (Å²) < 4.78 is 35.3. The van der Waals surface area contributed by atoms with Crippen LogP contribution < -0.4 is 4.18 Å². The SMILES string of the molecule is Cc1ccc(S(=O)(=O)Oc2ccc(C(C)C(=O)OCc3ccccc3)cc2)cc1. The van der Waals surface area contributed by atoms with Crippen LogP contribution in [0.3, 0.4) is 0 Å². The smallest absolute Gasteiger partial charge is 0.339 e. The van der Waals surface area contributed by atoms with Gasteiger partial charge in [0.15, 0.2) is 0 Å². The van der Waals surface area contributed by atoms with Crippen LogP contribution >= 0.6 is 0 Å². The summed E-state index contributed by atoms with van der Waals surface area (Å²) in [5.41, 5.74) is 2.59. The molecule has 3 aromatic carbocycles. The van der Waals surface area contributed by atoms with Crippen LogP contribution in [-0.2, 0) is 26.3 Å². The van der Waals surface area contributed by atoms with Gasteiger partial charge in [0.1, 0.15) is 17.3 Å². The fraction of sp³-hybridized carbons (Fsp3) is 0.174. The zero-order chi connectivity index (χ0) is 20.9. The number of hydrogen-bond donors (Lipinski definition) is 0. The van der Waals surface area contributed by atoms with Crippen molar-refractivity contribution in [3.8, 4) is 5.75 Å². The molecule has 0 aromatic heterocycles. The Labute approximate surface area is 171 Å². The van der Waals surface area contributed by atoms with Crippen molar-refractivity contribution >= 4 is 16.1 Å². The fourth-order valence-corrected chi connectivity index (χ4v) is 3.61. The van der Waals surface area contributed by atoms with Gasteiger partial charge in [0.25, 0.3) is 0 Å². The molecule has 1 unspecified atom stereocenters. The van der Waals surface area contributed by atoms with Gasteiger partial charge in [-0.15, -0.1) is 0 Å². The monoisotopic (exact) mass is 410 g/mol. The Balaban J connectivity index is 1.63. The van der Waals surface area contributed by atoms with Gasteiger partial charge in [0, 0.05) is 0 Å². The van der Waals surface area contributed by atoms with E-state index in [0.29, 0.717) is 5.56 Å². The summed E-state index contributed by atoms with van der Waals surface area (Å²) in [7, 11) is -3.91. The lowest BCUT2D eigenvalue weighted by Gasteiger charge is -2.13. The first-order valence-corrected chi connectivity index (χ1v) is 10.6. The first-order chi connectivity index (χ1) is 13.8. The van der Waals surface area contributed by atoms with E-state index in [4.69, 9.17) is 8.92 Å². The van der Waals surface area contributed by atoms with Gasteiger partial charge >= 0.3 is 16.1 Å². The van der Waals surface area contributed by atoms with E-state index in [0.717, 1.165) is 11.1 Å². The van der Waals surface area contributed by atoms with Crippen molar-refractivity contribution in [2.75, 3.05) is 0 Å². The van der Waals surface area contributed by atoms with Crippen molar-refractivity contribution in [3.63, 3.8) is 0 Å². The Hall–Kier alpha value is -3.12. The molecule has 0 aliphatic heterocycles. The van der Waals surface area contributed by atoms with Crippen LogP contribution in [0.15, 0.2) is 83.8 Å². The molecule has 0 amide bonds. The zero-order valence-electron chi connectivity index (χ0n) is 16.2. The first-order valence-electron chi connectivity index (χ1n) is 9.17. The minimum absolute atomic E-state index is 0.0880. The average molecular weight is 410 g/mol. The lowest BCUT2D eigenvalue weighted by Crippen LogP contribution is -2.13. The van der Waals surface area contributed by atoms with Crippen LogP contribution in [0.25, 0.3) is 0 Å². The summed E-state index contributed by atoms with van der Waals surface area (Å²) in [5, 5.41) is 0. The molecule has 0 bridgehead atoms. The molecule has 0 radical (unpaired) electrons. The lowest BCUT2D eigenvalue weighted by atomic mass is 10.0. The molecule has 0 saturated carbocycles. The maximum atomic E-state index is 12.4. The van der Waals surface area contributed by atoms with E-state index in [9.17, 15) is 13.2 Å². The molecule has 0 heterocycles. The number of rotatable bonds is 7. The Morgan fingerprint density at radius 3 is 2.14 bits per heavy atom. The third-order valence-electron chi connectivity index (χ3n) is 4.47. The minimum Gasteiger partial charge on any atom is -0.460 e. The number of ether oxygens (including phenoxy) is 1. The van der Waals surface area contributed by atoms with Gasteiger partial charge in [-0.3, -0.25) is 4.79 Å². The molecule has 5 nitrogen and oxygen atoms in total. The van der Waals surface area contributed by atoms with Crippen LogP contribution in [0.5, 0.6) is 5.75 Å². The number of benzene rings is 3. The Morgan fingerprint density at radius 1 is 0.897 bits per heavy atom. The van der Waals surface area contributed by atoms with Crippen LogP contribution in [0.4, 0.5) is 0 Å². The van der Waals surface area contributed by atoms with E-state index < -0.39 is 16.0 Å². The second-order valence-corrected chi connectivity index (χ2v) is 8.28. The predicted octanol–water partition coefficient (Wildman–Crippen LogP) is 4.61. The summed E-state index contributed by atoms with van der Waals surface area (Å²) in [6, 6.07) is 22.3. The van der Waals surface area contributed by atoms with Crippen molar-refractivity contribution in [1.29, 1.82) is 0 Å². The van der Waals surface area contributed by atoms with Crippen molar-refractivity contribution in [2.45, 2.75) is 31.3 Å². The molecule has 0 fully saturated rings. The van der Waals surface area contributed by atoms with Crippen molar-refractivity contribution < 1.29 is 22.1 Å². The quantitative estimate of drug-likeness (QED) is 0.420. The van der Waals surface area contributed by atoms with Crippen LogP contribution in [0.2, 0.25) is 0 Å². The highest BCUT2D eigenvalue weighted by atomic mass is 32.2. The van der Waals surface area contributed by atoms with Crippen LogP contribution in [0, 0.1) is 6.92 Å². The third-order valence-corrected chi connectivity index (χ3v) is 5.73.